The van der Waals surface area contributed by atoms with Crippen LogP contribution in [0, 0.1) is 31.0 Å². The molecular weight excluding hydrogens is 231 g/mol. The van der Waals surface area contributed by atoms with E-state index in [4.69, 9.17) is 5.26 Å². The average Bonchev–Trinajstić information content (AvgIpc) is 2.58. The summed E-state index contributed by atoms with van der Waals surface area (Å²) in [7, 11) is 1.71. The molecule has 2 rings (SSSR count). The minimum Gasteiger partial charge on any atom is -0.337 e. The second-order valence-corrected chi connectivity index (χ2v) is 4.15. The Morgan fingerprint density at radius 2 is 2.11 bits per heavy atom. The molecular formula is C13H13FN4. The van der Waals surface area contributed by atoms with Crippen LogP contribution in [0.15, 0.2) is 18.2 Å². The van der Waals surface area contributed by atoms with Crippen molar-refractivity contribution in [2.45, 2.75) is 13.8 Å². The molecule has 0 aliphatic rings. The summed E-state index contributed by atoms with van der Waals surface area (Å²) in [6, 6.07) is 6.85. The lowest BCUT2D eigenvalue weighted by Crippen LogP contribution is -2.02. The van der Waals surface area contributed by atoms with Gasteiger partial charge in [-0.25, -0.2) is 4.39 Å². The number of aryl methyl sites for hydroxylation is 3. The number of anilines is 2. The number of halogens is 1. The van der Waals surface area contributed by atoms with Crippen LogP contribution in [0.5, 0.6) is 0 Å². The third kappa shape index (κ3) is 2.05. The molecule has 0 radical (unpaired) electrons. The van der Waals surface area contributed by atoms with Crippen molar-refractivity contribution in [1.29, 1.82) is 5.26 Å². The molecule has 0 fully saturated rings. The number of hydrogen-bond donors (Lipinski definition) is 1. The number of aromatic nitrogens is 2. The third-order valence-electron chi connectivity index (χ3n) is 2.71. The topological polar surface area (TPSA) is 53.6 Å². The van der Waals surface area contributed by atoms with Crippen LogP contribution in [-0.4, -0.2) is 9.78 Å². The summed E-state index contributed by atoms with van der Waals surface area (Å²) >= 11 is 0. The zero-order chi connectivity index (χ0) is 13.3. The highest BCUT2D eigenvalue weighted by Gasteiger charge is 2.14. The molecule has 0 saturated carbocycles. The van der Waals surface area contributed by atoms with Gasteiger partial charge in [0, 0.05) is 7.05 Å². The van der Waals surface area contributed by atoms with Crippen LogP contribution in [-0.2, 0) is 7.05 Å². The van der Waals surface area contributed by atoms with Crippen LogP contribution in [0.4, 0.5) is 15.9 Å². The molecule has 0 unspecified atom stereocenters. The van der Waals surface area contributed by atoms with Gasteiger partial charge < -0.3 is 5.32 Å². The van der Waals surface area contributed by atoms with E-state index < -0.39 is 0 Å². The van der Waals surface area contributed by atoms with Crippen LogP contribution in [0.3, 0.4) is 0 Å². The second kappa shape index (κ2) is 4.49. The summed E-state index contributed by atoms with van der Waals surface area (Å²) in [6.07, 6.45) is 0. The van der Waals surface area contributed by atoms with E-state index in [-0.39, 0.29) is 5.82 Å². The van der Waals surface area contributed by atoms with E-state index in [1.54, 1.807) is 26.1 Å². The Labute approximate surface area is 105 Å². The van der Waals surface area contributed by atoms with Crippen molar-refractivity contribution in [2.24, 2.45) is 7.05 Å². The highest BCUT2D eigenvalue weighted by Crippen LogP contribution is 2.24. The van der Waals surface area contributed by atoms with E-state index in [2.05, 4.69) is 16.5 Å². The fraction of sp³-hybridized carbons (Fsp3) is 0.231. The lowest BCUT2D eigenvalue weighted by molar-refractivity contribution is 0.631. The minimum absolute atomic E-state index is 0.342. The van der Waals surface area contributed by atoms with Crippen molar-refractivity contribution in [3.8, 4) is 6.07 Å². The minimum atomic E-state index is -0.358. The fourth-order valence-electron chi connectivity index (χ4n) is 1.80. The van der Waals surface area contributed by atoms with Crippen molar-refractivity contribution >= 4 is 11.5 Å². The highest BCUT2D eigenvalue weighted by molar-refractivity contribution is 5.65. The molecule has 5 heteroatoms. The Bertz CT molecular complexity index is 637. The molecule has 4 nitrogen and oxygen atoms in total. The van der Waals surface area contributed by atoms with E-state index in [0.717, 1.165) is 5.56 Å². The first-order valence-electron chi connectivity index (χ1n) is 5.50. The lowest BCUT2D eigenvalue weighted by atomic mass is 10.2. The maximum atomic E-state index is 13.7. The maximum Gasteiger partial charge on any atom is 0.146 e. The molecule has 0 saturated heterocycles. The highest BCUT2D eigenvalue weighted by atomic mass is 19.1. The first kappa shape index (κ1) is 12.1. The Balaban J connectivity index is 2.46. The predicted molar refractivity (Wildman–Crippen MR) is 67.1 cm³/mol. The van der Waals surface area contributed by atoms with Gasteiger partial charge in [0.2, 0.25) is 0 Å². The summed E-state index contributed by atoms with van der Waals surface area (Å²) in [5.41, 5.74) is 2.33. The number of hydrogen-bond acceptors (Lipinski definition) is 3. The molecule has 0 atom stereocenters. The quantitative estimate of drug-likeness (QED) is 0.883. The number of nitrogens with one attached hydrogen (secondary N) is 1. The summed E-state index contributed by atoms with van der Waals surface area (Å²) in [6.45, 7) is 3.63. The number of rotatable bonds is 2. The zero-order valence-electron chi connectivity index (χ0n) is 10.5. The van der Waals surface area contributed by atoms with Gasteiger partial charge in [0.1, 0.15) is 23.3 Å². The van der Waals surface area contributed by atoms with Gasteiger partial charge in [-0.3, -0.25) is 4.68 Å². The molecule has 1 aromatic heterocycles. The predicted octanol–water partition coefficient (Wildman–Crippen LogP) is 2.79. The van der Waals surface area contributed by atoms with Crippen LogP contribution in [0.1, 0.15) is 16.8 Å². The van der Waals surface area contributed by atoms with E-state index in [9.17, 15) is 4.39 Å². The summed E-state index contributed by atoms with van der Waals surface area (Å²) < 4.78 is 15.2. The number of nitrogens with zero attached hydrogens (tertiary/aromatic N) is 3. The molecule has 1 aromatic carbocycles. The van der Waals surface area contributed by atoms with E-state index in [1.165, 1.54) is 10.7 Å². The van der Waals surface area contributed by atoms with Gasteiger partial charge in [0.15, 0.2) is 0 Å². The van der Waals surface area contributed by atoms with Crippen LogP contribution in [0.2, 0.25) is 0 Å². The zero-order valence-corrected chi connectivity index (χ0v) is 10.5. The molecule has 0 aliphatic carbocycles. The molecule has 0 aliphatic heterocycles. The molecule has 0 spiro atoms. The third-order valence-corrected chi connectivity index (χ3v) is 2.71. The van der Waals surface area contributed by atoms with Gasteiger partial charge >= 0.3 is 0 Å². The molecule has 2 aromatic rings. The molecule has 18 heavy (non-hydrogen) atoms. The fourth-order valence-corrected chi connectivity index (χ4v) is 1.80. The molecule has 0 amide bonds. The number of benzene rings is 1. The lowest BCUT2D eigenvalue weighted by Gasteiger charge is -2.09. The van der Waals surface area contributed by atoms with Crippen LogP contribution < -0.4 is 5.32 Å². The molecule has 92 valence electrons. The van der Waals surface area contributed by atoms with Crippen molar-refractivity contribution in [3.05, 3.63) is 40.8 Å². The molecule has 1 heterocycles. The first-order valence-corrected chi connectivity index (χ1v) is 5.50. The van der Waals surface area contributed by atoms with Gasteiger partial charge in [0.25, 0.3) is 0 Å². The Morgan fingerprint density at radius 3 is 2.78 bits per heavy atom. The van der Waals surface area contributed by atoms with E-state index in [0.29, 0.717) is 22.8 Å². The SMILES string of the molecule is Cc1ccc(F)c(Nc2c(C#N)c(C)nn2C)c1. The Kier molecular flexibility index (Phi) is 3.02. The van der Waals surface area contributed by atoms with E-state index >= 15 is 0 Å². The van der Waals surface area contributed by atoms with Gasteiger partial charge in [-0.05, 0) is 31.5 Å². The first-order chi connectivity index (χ1) is 8.52. The molecule has 0 bridgehead atoms. The summed E-state index contributed by atoms with van der Waals surface area (Å²) in [4.78, 5) is 0. The maximum absolute atomic E-state index is 13.7. The van der Waals surface area contributed by atoms with Gasteiger partial charge in [-0.1, -0.05) is 6.07 Å². The van der Waals surface area contributed by atoms with Crippen molar-refractivity contribution in [3.63, 3.8) is 0 Å². The van der Waals surface area contributed by atoms with Gasteiger partial charge in [-0.15, -0.1) is 0 Å². The van der Waals surface area contributed by atoms with Crippen LogP contribution >= 0.6 is 0 Å². The van der Waals surface area contributed by atoms with Gasteiger partial charge in [0.05, 0.1) is 11.4 Å². The average molecular weight is 244 g/mol. The molecule has 1 N–H and O–H groups in total. The largest absolute Gasteiger partial charge is 0.337 e. The van der Waals surface area contributed by atoms with Crippen molar-refractivity contribution < 1.29 is 4.39 Å². The monoisotopic (exact) mass is 244 g/mol. The number of nitriles is 1. The van der Waals surface area contributed by atoms with E-state index in [1.807, 2.05) is 6.92 Å². The second-order valence-electron chi connectivity index (χ2n) is 4.15. The van der Waals surface area contributed by atoms with Crippen LogP contribution in [0.25, 0.3) is 0 Å². The summed E-state index contributed by atoms with van der Waals surface area (Å²) in [5.74, 6) is 0.142. The summed E-state index contributed by atoms with van der Waals surface area (Å²) in [5, 5.41) is 16.1. The van der Waals surface area contributed by atoms with Crippen molar-refractivity contribution in [1.82, 2.24) is 9.78 Å². The Hall–Kier alpha value is -2.35. The Morgan fingerprint density at radius 1 is 1.39 bits per heavy atom. The van der Waals surface area contributed by atoms with Crippen molar-refractivity contribution in [2.75, 3.05) is 5.32 Å². The normalized spacial score (nSPS) is 10.2. The van der Waals surface area contributed by atoms with Gasteiger partial charge in [-0.2, -0.15) is 10.4 Å². The standard InChI is InChI=1S/C13H13FN4/c1-8-4-5-11(14)12(6-8)16-13-10(7-15)9(2)17-18(13)3/h4-6,16H,1-3H3. The smallest absolute Gasteiger partial charge is 0.146 e.